The largest absolute Gasteiger partial charge is 0.335 e. The molecule has 1 aromatic rings. The predicted molar refractivity (Wildman–Crippen MR) is 81.4 cm³/mol. The summed E-state index contributed by atoms with van der Waals surface area (Å²) in [6.45, 7) is 4.67. The van der Waals surface area contributed by atoms with Gasteiger partial charge in [-0.15, -0.1) is 11.3 Å². The van der Waals surface area contributed by atoms with E-state index in [1.54, 1.807) is 5.38 Å². The van der Waals surface area contributed by atoms with Crippen molar-refractivity contribution < 1.29 is 13.2 Å². The summed E-state index contributed by atoms with van der Waals surface area (Å²) < 4.78 is 23.1. The third kappa shape index (κ3) is 3.27. The SMILES string of the molecule is Cc1nc(C(=O)N2CCN([C@H]3CCS(=O)(=O)C3)CC2)cs1. The fourth-order valence-electron chi connectivity index (χ4n) is 2.98. The maximum atomic E-state index is 12.3. The van der Waals surface area contributed by atoms with E-state index >= 15 is 0 Å². The lowest BCUT2D eigenvalue weighted by Gasteiger charge is -2.37. The van der Waals surface area contributed by atoms with Gasteiger partial charge >= 0.3 is 0 Å². The number of rotatable bonds is 2. The third-order valence-corrected chi connectivity index (χ3v) is 6.69. The van der Waals surface area contributed by atoms with Gasteiger partial charge in [0.15, 0.2) is 9.84 Å². The first-order valence-corrected chi connectivity index (χ1v) is 9.80. The lowest BCUT2D eigenvalue weighted by molar-refractivity contribution is 0.0583. The molecule has 0 bridgehead atoms. The molecule has 0 spiro atoms. The van der Waals surface area contributed by atoms with Crippen LogP contribution in [0.3, 0.4) is 0 Å². The summed E-state index contributed by atoms with van der Waals surface area (Å²) in [5.74, 6) is 0.555. The fourth-order valence-corrected chi connectivity index (χ4v) is 5.33. The second kappa shape index (κ2) is 5.66. The Hall–Kier alpha value is -0.990. The number of carbonyl (C=O) groups is 1. The molecule has 0 aliphatic carbocycles. The van der Waals surface area contributed by atoms with Crippen molar-refractivity contribution in [1.82, 2.24) is 14.8 Å². The predicted octanol–water partition coefficient (Wildman–Crippen LogP) is 0.396. The van der Waals surface area contributed by atoms with Crippen LogP contribution in [0.25, 0.3) is 0 Å². The molecule has 2 saturated heterocycles. The van der Waals surface area contributed by atoms with E-state index < -0.39 is 9.84 Å². The Bertz CT molecular complexity index is 633. The quantitative estimate of drug-likeness (QED) is 0.785. The molecule has 1 amide bonds. The zero-order valence-corrected chi connectivity index (χ0v) is 13.6. The molecule has 0 N–H and O–H groups in total. The summed E-state index contributed by atoms with van der Waals surface area (Å²) in [4.78, 5) is 20.6. The summed E-state index contributed by atoms with van der Waals surface area (Å²) in [5, 5.41) is 2.70. The number of sulfone groups is 1. The number of aromatic nitrogens is 1. The van der Waals surface area contributed by atoms with Crippen molar-refractivity contribution in [2.24, 2.45) is 0 Å². The maximum absolute atomic E-state index is 12.3. The highest BCUT2D eigenvalue weighted by atomic mass is 32.2. The molecule has 2 aliphatic heterocycles. The van der Waals surface area contributed by atoms with Gasteiger partial charge in [-0.3, -0.25) is 9.69 Å². The van der Waals surface area contributed by atoms with Crippen molar-refractivity contribution in [1.29, 1.82) is 0 Å². The van der Waals surface area contributed by atoms with Crippen LogP contribution in [0.4, 0.5) is 0 Å². The lowest BCUT2D eigenvalue weighted by Crippen LogP contribution is -2.52. The van der Waals surface area contributed by atoms with Gasteiger partial charge in [0.2, 0.25) is 0 Å². The van der Waals surface area contributed by atoms with Gasteiger partial charge in [0.05, 0.1) is 16.5 Å². The van der Waals surface area contributed by atoms with Crippen LogP contribution in [0.15, 0.2) is 5.38 Å². The standard InChI is InChI=1S/C13H19N3O3S2/c1-10-14-12(8-20-10)13(17)16-5-3-15(4-6-16)11-2-7-21(18,19)9-11/h8,11H,2-7,9H2,1H3/t11-/m0/s1. The number of hydrogen-bond donors (Lipinski definition) is 0. The summed E-state index contributed by atoms with van der Waals surface area (Å²) in [6, 6.07) is 0.133. The van der Waals surface area contributed by atoms with Gasteiger partial charge < -0.3 is 4.90 Å². The molecule has 8 heteroatoms. The number of hydrogen-bond acceptors (Lipinski definition) is 6. The Morgan fingerprint density at radius 1 is 1.33 bits per heavy atom. The second-order valence-corrected chi connectivity index (χ2v) is 8.93. The van der Waals surface area contributed by atoms with Gasteiger partial charge in [-0.05, 0) is 13.3 Å². The van der Waals surface area contributed by atoms with Crippen molar-refractivity contribution >= 4 is 27.1 Å². The highest BCUT2D eigenvalue weighted by Crippen LogP contribution is 2.20. The Morgan fingerprint density at radius 2 is 2.05 bits per heavy atom. The van der Waals surface area contributed by atoms with Gasteiger partial charge in [0, 0.05) is 37.6 Å². The number of piperazine rings is 1. The maximum Gasteiger partial charge on any atom is 0.273 e. The van der Waals surface area contributed by atoms with Crippen LogP contribution in [-0.4, -0.2) is 72.8 Å². The smallest absolute Gasteiger partial charge is 0.273 e. The fraction of sp³-hybridized carbons (Fsp3) is 0.692. The Labute approximate surface area is 128 Å². The van der Waals surface area contributed by atoms with E-state index in [4.69, 9.17) is 0 Å². The number of nitrogens with zero attached hydrogens (tertiary/aromatic N) is 3. The first-order chi connectivity index (χ1) is 9.94. The number of amides is 1. The lowest BCUT2D eigenvalue weighted by atomic mass is 10.2. The monoisotopic (exact) mass is 329 g/mol. The molecule has 2 fully saturated rings. The van der Waals surface area contributed by atoms with E-state index in [1.807, 2.05) is 11.8 Å². The minimum Gasteiger partial charge on any atom is -0.335 e. The third-order valence-electron chi connectivity index (χ3n) is 4.16. The summed E-state index contributed by atoms with van der Waals surface area (Å²) >= 11 is 1.48. The molecular formula is C13H19N3O3S2. The molecule has 116 valence electrons. The normalized spacial score (nSPS) is 26.1. The molecule has 0 unspecified atom stereocenters. The molecule has 0 aromatic carbocycles. The van der Waals surface area contributed by atoms with Crippen LogP contribution in [0.1, 0.15) is 21.9 Å². The zero-order valence-electron chi connectivity index (χ0n) is 12.0. The van der Waals surface area contributed by atoms with Crippen LogP contribution < -0.4 is 0 Å². The van der Waals surface area contributed by atoms with Crippen molar-refractivity contribution in [3.63, 3.8) is 0 Å². The minimum atomic E-state index is -2.85. The summed E-state index contributed by atoms with van der Waals surface area (Å²) in [7, 11) is -2.85. The van der Waals surface area contributed by atoms with E-state index in [0.29, 0.717) is 24.5 Å². The van der Waals surface area contributed by atoms with Gasteiger partial charge in [-0.25, -0.2) is 13.4 Å². The average molecular weight is 329 g/mol. The number of thiazole rings is 1. The first kappa shape index (κ1) is 14.9. The van der Waals surface area contributed by atoms with E-state index in [1.165, 1.54) is 11.3 Å². The van der Waals surface area contributed by atoms with Crippen LogP contribution in [-0.2, 0) is 9.84 Å². The molecule has 1 aromatic heterocycles. The molecule has 6 nitrogen and oxygen atoms in total. The Morgan fingerprint density at radius 3 is 2.57 bits per heavy atom. The van der Waals surface area contributed by atoms with Crippen molar-refractivity contribution in [3.05, 3.63) is 16.1 Å². The molecule has 21 heavy (non-hydrogen) atoms. The number of carbonyl (C=O) groups excluding carboxylic acids is 1. The zero-order chi connectivity index (χ0) is 15.0. The van der Waals surface area contributed by atoms with Gasteiger partial charge in [0.1, 0.15) is 5.69 Å². The van der Waals surface area contributed by atoms with Crippen LogP contribution in [0.5, 0.6) is 0 Å². The molecule has 3 heterocycles. The molecule has 0 radical (unpaired) electrons. The Kier molecular flexibility index (Phi) is 4.02. The first-order valence-electron chi connectivity index (χ1n) is 7.10. The van der Waals surface area contributed by atoms with Crippen LogP contribution in [0.2, 0.25) is 0 Å². The Balaban J connectivity index is 1.57. The molecule has 2 aliphatic rings. The average Bonchev–Trinajstić information content (AvgIpc) is 3.04. The van der Waals surface area contributed by atoms with Gasteiger partial charge in [-0.2, -0.15) is 0 Å². The van der Waals surface area contributed by atoms with Crippen molar-refractivity contribution in [2.75, 3.05) is 37.7 Å². The molecule has 0 saturated carbocycles. The second-order valence-electron chi connectivity index (χ2n) is 5.64. The number of aryl methyl sites for hydroxylation is 1. The van der Waals surface area contributed by atoms with E-state index in [9.17, 15) is 13.2 Å². The van der Waals surface area contributed by atoms with Gasteiger partial charge in [0.25, 0.3) is 5.91 Å². The van der Waals surface area contributed by atoms with Gasteiger partial charge in [-0.1, -0.05) is 0 Å². The van der Waals surface area contributed by atoms with E-state index in [-0.39, 0.29) is 17.7 Å². The van der Waals surface area contributed by atoms with Crippen LogP contribution in [0, 0.1) is 6.92 Å². The highest BCUT2D eigenvalue weighted by Gasteiger charge is 2.34. The van der Waals surface area contributed by atoms with E-state index in [2.05, 4.69) is 9.88 Å². The molecule has 1 atom stereocenters. The van der Waals surface area contributed by atoms with E-state index in [0.717, 1.165) is 24.5 Å². The summed E-state index contributed by atoms with van der Waals surface area (Å²) in [5.41, 5.74) is 0.523. The summed E-state index contributed by atoms with van der Waals surface area (Å²) in [6.07, 6.45) is 0.724. The van der Waals surface area contributed by atoms with Crippen molar-refractivity contribution in [2.45, 2.75) is 19.4 Å². The van der Waals surface area contributed by atoms with Crippen molar-refractivity contribution in [3.8, 4) is 0 Å². The molecular weight excluding hydrogens is 310 g/mol. The highest BCUT2D eigenvalue weighted by molar-refractivity contribution is 7.91. The molecule has 3 rings (SSSR count). The topological polar surface area (TPSA) is 70.6 Å². The van der Waals surface area contributed by atoms with Crippen LogP contribution >= 0.6 is 11.3 Å². The minimum absolute atomic E-state index is 0.0157.